The predicted molar refractivity (Wildman–Crippen MR) is 65.2 cm³/mol. The van der Waals surface area contributed by atoms with E-state index in [0.717, 1.165) is 5.56 Å². The fraction of sp³-hybridized carbons (Fsp3) is 0.182. The normalized spacial score (nSPS) is 10.0. The van der Waals surface area contributed by atoms with Crippen molar-refractivity contribution in [2.75, 3.05) is 0 Å². The average Bonchev–Trinajstić information content (AvgIpc) is 2.81. The fourth-order valence-corrected chi connectivity index (χ4v) is 1.40. The Labute approximate surface area is 108 Å². The van der Waals surface area contributed by atoms with Crippen molar-refractivity contribution in [2.24, 2.45) is 0 Å². The molecule has 0 spiro atoms. The van der Waals surface area contributed by atoms with Crippen molar-refractivity contribution in [3.63, 3.8) is 0 Å². The number of alkyl carbamates (subject to hydrolysis) is 1. The predicted octanol–water partition coefficient (Wildman–Crippen LogP) is 2.16. The summed E-state index contributed by atoms with van der Waals surface area (Å²) in [6.07, 6.45) is -0.539. The van der Waals surface area contributed by atoms with E-state index in [0.29, 0.717) is 5.89 Å². The molecular formula is C11H11N3O3S. The number of ether oxygens (including phenoxy) is 1. The maximum Gasteiger partial charge on any atom is 0.407 e. The van der Waals surface area contributed by atoms with Gasteiger partial charge in [0.25, 0.3) is 4.84 Å². The van der Waals surface area contributed by atoms with Gasteiger partial charge in [-0.3, -0.25) is 0 Å². The van der Waals surface area contributed by atoms with Crippen molar-refractivity contribution >= 4 is 18.3 Å². The quantitative estimate of drug-likeness (QED) is 0.828. The van der Waals surface area contributed by atoms with Gasteiger partial charge in [0.1, 0.15) is 6.61 Å². The number of nitrogens with one attached hydrogen (secondary N) is 2. The molecule has 1 aromatic carbocycles. The van der Waals surface area contributed by atoms with Gasteiger partial charge in [0, 0.05) is 0 Å². The number of carbonyl (C=O) groups is 1. The van der Waals surface area contributed by atoms with E-state index >= 15 is 0 Å². The summed E-state index contributed by atoms with van der Waals surface area (Å²) in [6.45, 7) is 0.345. The molecule has 0 aliphatic rings. The molecule has 2 rings (SSSR count). The lowest BCUT2D eigenvalue weighted by molar-refractivity contribution is 0.138. The maximum atomic E-state index is 11.4. The first-order chi connectivity index (χ1) is 8.74. The largest absolute Gasteiger partial charge is 0.445 e. The number of H-pyrrole nitrogens is 1. The van der Waals surface area contributed by atoms with Gasteiger partial charge in [0.2, 0.25) is 5.89 Å². The molecule has 0 saturated heterocycles. The van der Waals surface area contributed by atoms with Gasteiger partial charge in [0.05, 0.1) is 6.54 Å². The van der Waals surface area contributed by atoms with E-state index in [1.54, 1.807) is 0 Å². The van der Waals surface area contributed by atoms with E-state index in [1.807, 2.05) is 30.3 Å². The summed E-state index contributed by atoms with van der Waals surface area (Å²) in [5.74, 6) is 0.302. The highest BCUT2D eigenvalue weighted by Crippen LogP contribution is 2.00. The molecule has 0 saturated carbocycles. The Hall–Kier alpha value is -2.15. The van der Waals surface area contributed by atoms with Gasteiger partial charge in [-0.15, -0.1) is 5.10 Å². The summed E-state index contributed by atoms with van der Waals surface area (Å²) in [6, 6.07) is 9.41. The summed E-state index contributed by atoms with van der Waals surface area (Å²) in [5, 5.41) is 8.69. The molecule has 1 amide bonds. The molecule has 6 nitrogen and oxygen atoms in total. The van der Waals surface area contributed by atoms with E-state index < -0.39 is 6.09 Å². The summed E-state index contributed by atoms with van der Waals surface area (Å²) in [7, 11) is 0. The standard InChI is InChI=1S/C11H11N3O3S/c15-10(12-6-9-13-14-11(18)17-9)16-7-8-4-2-1-3-5-8/h1-5H,6-7H2,(H,12,15)(H,14,18). The highest BCUT2D eigenvalue weighted by molar-refractivity contribution is 7.71. The summed E-state index contributed by atoms with van der Waals surface area (Å²) < 4.78 is 9.98. The zero-order valence-corrected chi connectivity index (χ0v) is 10.2. The topological polar surface area (TPSA) is 80.2 Å². The first-order valence-electron chi connectivity index (χ1n) is 5.23. The second-order valence-electron chi connectivity index (χ2n) is 3.42. The summed E-state index contributed by atoms with van der Waals surface area (Å²) in [5.41, 5.74) is 0.921. The minimum Gasteiger partial charge on any atom is -0.445 e. The van der Waals surface area contributed by atoms with Crippen molar-refractivity contribution in [1.82, 2.24) is 15.5 Å². The number of carbonyl (C=O) groups excluding carboxylic acids is 1. The minimum absolute atomic E-state index is 0.126. The van der Waals surface area contributed by atoms with E-state index in [9.17, 15) is 4.79 Å². The van der Waals surface area contributed by atoms with Crippen LogP contribution in [0.15, 0.2) is 34.7 Å². The highest BCUT2D eigenvalue weighted by atomic mass is 32.1. The lowest BCUT2D eigenvalue weighted by Gasteiger charge is -2.05. The Balaban J connectivity index is 1.74. The number of aromatic nitrogens is 2. The molecule has 7 heteroatoms. The van der Waals surface area contributed by atoms with Crippen LogP contribution in [-0.4, -0.2) is 16.3 Å². The van der Waals surface area contributed by atoms with Gasteiger partial charge in [0.15, 0.2) is 0 Å². The average molecular weight is 265 g/mol. The van der Waals surface area contributed by atoms with E-state index in [-0.39, 0.29) is 18.0 Å². The molecule has 0 aliphatic carbocycles. The third-order valence-electron chi connectivity index (χ3n) is 2.08. The van der Waals surface area contributed by atoms with Crippen LogP contribution in [0.25, 0.3) is 0 Å². The number of hydrogen-bond acceptors (Lipinski definition) is 5. The van der Waals surface area contributed by atoms with Crippen LogP contribution in [0.3, 0.4) is 0 Å². The number of nitrogens with zero attached hydrogens (tertiary/aromatic N) is 1. The molecule has 0 atom stereocenters. The lowest BCUT2D eigenvalue weighted by Crippen LogP contribution is -2.23. The molecule has 2 aromatic rings. The smallest absolute Gasteiger partial charge is 0.407 e. The monoisotopic (exact) mass is 265 g/mol. The van der Waals surface area contributed by atoms with Crippen molar-refractivity contribution < 1.29 is 13.9 Å². The number of amides is 1. The van der Waals surface area contributed by atoms with Crippen LogP contribution in [0.1, 0.15) is 11.5 Å². The second kappa shape index (κ2) is 5.97. The minimum atomic E-state index is -0.539. The molecule has 0 bridgehead atoms. The number of benzene rings is 1. The highest BCUT2D eigenvalue weighted by Gasteiger charge is 2.05. The van der Waals surface area contributed by atoms with Crippen LogP contribution in [0.2, 0.25) is 0 Å². The molecule has 1 heterocycles. The fourth-order valence-electron chi connectivity index (χ4n) is 1.26. The SMILES string of the molecule is O=C(NCc1n[nH]c(=S)o1)OCc1ccccc1. The van der Waals surface area contributed by atoms with Crippen molar-refractivity contribution in [1.29, 1.82) is 0 Å². The number of rotatable bonds is 4. The Morgan fingerprint density at radius 3 is 2.89 bits per heavy atom. The molecule has 94 valence electrons. The van der Waals surface area contributed by atoms with Crippen molar-refractivity contribution in [3.8, 4) is 0 Å². The third kappa shape index (κ3) is 3.70. The molecule has 0 radical (unpaired) electrons. The Morgan fingerprint density at radius 2 is 2.22 bits per heavy atom. The van der Waals surface area contributed by atoms with E-state index in [2.05, 4.69) is 15.5 Å². The lowest BCUT2D eigenvalue weighted by atomic mass is 10.2. The van der Waals surface area contributed by atoms with E-state index in [1.165, 1.54) is 0 Å². The maximum absolute atomic E-state index is 11.4. The van der Waals surface area contributed by atoms with Gasteiger partial charge < -0.3 is 14.5 Å². The van der Waals surface area contributed by atoms with Crippen molar-refractivity contribution in [3.05, 3.63) is 46.6 Å². The zero-order chi connectivity index (χ0) is 12.8. The molecule has 0 unspecified atom stereocenters. The van der Waals surface area contributed by atoms with Gasteiger partial charge in [-0.25, -0.2) is 9.89 Å². The summed E-state index contributed by atoms with van der Waals surface area (Å²) in [4.78, 5) is 11.5. The van der Waals surface area contributed by atoms with Crippen LogP contribution in [0.4, 0.5) is 4.79 Å². The van der Waals surface area contributed by atoms with Crippen LogP contribution in [0, 0.1) is 4.84 Å². The van der Waals surface area contributed by atoms with Crippen LogP contribution in [0.5, 0.6) is 0 Å². The molecule has 18 heavy (non-hydrogen) atoms. The van der Waals surface area contributed by atoms with Crippen LogP contribution in [-0.2, 0) is 17.9 Å². The first-order valence-corrected chi connectivity index (χ1v) is 5.64. The molecule has 0 aliphatic heterocycles. The molecule has 2 N–H and O–H groups in total. The summed E-state index contributed by atoms with van der Waals surface area (Å²) >= 11 is 4.70. The van der Waals surface area contributed by atoms with Gasteiger partial charge >= 0.3 is 6.09 Å². The van der Waals surface area contributed by atoms with Gasteiger partial charge in [-0.1, -0.05) is 30.3 Å². The van der Waals surface area contributed by atoms with E-state index in [4.69, 9.17) is 21.4 Å². The number of aromatic amines is 1. The van der Waals surface area contributed by atoms with Crippen molar-refractivity contribution in [2.45, 2.75) is 13.2 Å². The first kappa shape index (κ1) is 12.3. The number of hydrogen-bond donors (Lipinski definition) is 2. The zero-order valence-electron chi connectivity index (χ0n) is 9.38. The Morgan fingerprint density at radius 1 is 1.44 bits per heavy atom. The van der Waals surface area contributed by atoms with Gasteiger partial charge in [-0.2, -0.15) is 0 Å². The third-order valence-corrected chi connectivity index (χ3v) is 2.25. The molecule has 1 aromatic heterocycles. The molecular weight excluding hydrogens is 254 g/mol. The second-order valence-corrected chi connectivity index (χ2v) is 3.79. The Kier molecular flexibility index (Phi) is 4.08. The van der Waals surface area contributed by atoms with Gasteiger partial charge in [-0.05, 0) is 17.8 Å². The Bertz CT molecular complexity index is 564. The molecule has 0 fully saturated rings. The van der Waals surface area contributed by atoms with Crippen LogP contribution >= 0.6 is 12.2 Å². The van der Waals surface area contributed by atoms with Crippen LogP contribution < -0.4 is 5.32 Å².